The van der Waals surface area contributed by atoms with Gasteiger partial charge < -0.3 is 15.6 Å². The molecule has 0 aromatic carbocycles. The van der Waals surface area contributed by atoms with Crippen molar-refractivity contribution in [2.45, 2.75) is 57.4 Å². The summed E-state index contributed by atoms with van der Waals surface area (Å²) >= 11 is 5.42. The maximum atomic E-state index is 5.42. The van der Waals surface area contributed by atoms with Crippen LogP contribution in [0.4, 0.5) is 0 Å². The first-order chi connectivity index (χ1) is 9.81. The number of imidazole rings is 1. The van der Waals surface area contributed by atoms with Crippen LogP contribution in [0.25, 0.3) is 0 Å². The largest absolute Gasteiger partial charge is 0.362 e. The number of nitrogens with zero attached hydrogens (tertiary/aromatic N) is 1. The van der Waals surface area contributed by atoms with Crippen LogP contribution in [0.3, 0.4) is 0 Å². The van der Waals surface area contributed by atoms with Crippen molar-refractivity contribution in [3.8, 4) is 0 Å². The summed E-state index contributed by atoms with van der Waals surface area (Å²) in [7, 11) is 0. The molecule has 3 rings (SSSR count). The van der Waals surface area contributed by atoms with Crippen LogP contribution in [0.5, 0.6) is 0 Å². The molecule has 5 heteroatoms. The van der Waals surface area contributed by atoms with Gasteiger partial charge in [0.25, 0.3) is 0 Å². The average Bonchev–Trinajstić information content (AvgIpc) is 2.93. The molecule has 20 heavy (non-hydrogen) atoms. The number of thiocarbonyl (C=S) groups is 1. The number of aromatic nitrogens is 2. The molecule has 4 nitrogen and oxygen atoms in total. The van der Waals surface area contributed by atoms with Crippen LogP contribution >= 0.6 is 12.2 Å². The van der Waals surface area contributed by atoms with E-state index in [2.05, 4.69) is 20.6 Å². The van der Waals surface area contributed by atoms with Gasteiger partial charge in [-0.05, 0) is 50.2 Å². The summed E-state index contributed by atoms with van der Waals surface area (Å²) in [6.07, 6.45) is 11.8. The molecule has 1 fully saturated rings. The molecule has 3 N–H and O–H groups in total. The van der Waals surface area contributed by atoms with E-state index in [0.29, 0.717) is 12.0 Å². The maximum Gasteiger partial charge on any atom is 0.166 e. The third-order valence-electron chi connectivity index (χ3n) is 4.58. The number of rotatable bonds is 3. The van der Waals surface area contributed by atoms with Crippen molar-refractivity contribution in [1.82, 2.24) is 20.6 Å². The predicted octanol–water partition coefficient (Wildman–Crippen LogP) is 3.05. The predicted molar refractivity (Wildman–Crippen MR) is 91.1 cm³/mol. The van der Waals surface area contributed by atoms with Crippen molar-refractivity contribution in [2.24, 2.45) is 5.92 Å². The van der Waals surface area contributed by atoms with Crippen molar-refractivity contribution in [2.75, 3.05) is 6.54 Å². The molecule has 0 amide bonds. The minimum Gasteiger partial charge on any atom is -0.362 e. The van der Waals surface area contributed by atoms with Gasteiger partial charge in [0, 0.05) is 22.6 Å². The zero-order valence-corrected chi connectivity index (χ0v) is 12.8. The SMILES string of the molecule is S=C(NCC1CCc2nc[nH]c2C1)NC1CCCCC1.[HH].[HH].[HH]. The molecule has 0 spiro atoms. The Labute approximate surface area is 130 Å². The van der Waals surface area contributed by atoms with Gasteiger partial charge in [-0.3, -0.25) is 0 Å². The first kappa shape index (κ1) is 13.9. The van der Waals surface area contributed by atoms with E-state index in [4.69, 9.17) is 12.2 Å². The molecule has 0 saturated heterocycles. The minimum absolute atomic E-state index is 0. The van der Waals surface area contributed by atoms with Crippen molar-refractivity contribution in [3.63, 3.8) is 0 Å². The molecule has 2 aliphatic rings. The summed E-state index contributed by atoms with van der Waals surface area (Å²) in [6, 6.07) is 0.592. The third kappa shape index (κ3) is 3.51. The Balaban J connectivity index is 0.00000161. The molecule has 116 valence electrons. The minimum atomic E-state index is 0. The summed E-state index contributed by atoms with van der Waals surface area (Å²) in [5.41, 5.74) is 2.57. The fourth-order valence-corrected chi connectivity index (χ4v) is 3.62. The van der Waals surface area contributed by atoms with Crippen LogP contribution in [0.1, 0.15) is 54.2 Å². The van der Waals surface area contributed by atoms with Gasteiger partial charge in [-0.25, -0.2) is 4.98 Å². The molecule has 1 heterocycles. The van der Waals surface area contributed by atoms with Crippen molar-refractivity contribution < 1.29 is 4.28 Å². The van der Waals surface area contributed by atoms with Crippen LogP contribution in [0, 0.1) is 5.92 Å². The summed E-state index contributed by atoms with van der Waals surface area (Å²) in [5, 5.41) is 7.72. The van der Waals surface area contributed by atoms with Crippen LogP contribution in [0.15, 0.2) is 6.33 Å². The third-order valence-corrected chi connectivity index (χ3v) is 4.84. The Kier molecular flexibility index (Phi) is 4.55. The molecule has 1 atom stereocenters. The van der Waals surface area contributed by atoms with Gasteiger partial charge in [0.2, 0.25) is 0 Å². The van der Waals surface area contributed by atoms with Crippen LogP contribution < -0.4 is 10.6 Å². The van der Waals surface area contributed by atoms with Crippen LogP contribution in [0.2, 0.25) is 0 Å². The lowest BCUT2D eigenvalue weighted by atomic mass is 9.90. The second kappa shape index (κ2) is 6.57. The number of hydrogen-bond donors (Lipinski definition) is 3. The van der Waals surface area contributed by atoms with E-state index in [1.165, 1.54) is 49.9 Å². The molecule has 1 aromatic rings. The standard InChI is InChI=1S/C15H24N4S.3H2/c20-15(19-12-4-2-1-3-5-12)16-9-11-6-7-13-14(8-11)18-10-17-13;;;/h10-12H,1-9H2,(H,17,18)(H2,16,19,20);3*1H. The zero-order chi connectivity index (χ0) is 13.8. The Morgan fingerprint density at radius 3 is 3.05 bits per heavy atom. The molecular formula is C15H30N4S. The number of fused-ring (bicyclic) bond motifs is 1. The summed E-state index contributed by atoms with van der Waals surface area (Å²) < 4.78 is 0. The summed E-state index contributed by atoms with van der Waals surface area (Å²) in [6.45, 7) is 0.969. The molecule has 0 aliphatic heterocycles. The van der Waals surface area contributed by atoms with E-state index in [0.717, 1.165) is 24.5 Å². The van der Waals surface area contributed by atoms with Crippen molar-refractivity contribution >= 4 is 17.3 Å². The fraction of sp³-hybridized carbons (Fsp3) is 0.733. The topological polar surface area (TPSA) is 52.7 Å². The molecule has 2 aliphatic carbocycles. The molecule has 0 bridgehead atoms. The lowest BCUT2D eigenvalue weighted by Gasteiger charge is -2.26. The van der Waals surface area contributed by atoms with Crippen molar-refractivity contribution in [1.29, 1.82) is 0 Å². The molecule has 1 aromatic heterocycles. The highest BCUT2D eigenvalue weighted by molar-refractivity contribution is 7.80. The molecule has 1 saturated carbocycles. The Morgan fingerprint density at radius 2 is 2.20 bits per heavy atom. The van der Waals surface area contributed by atoms with E-state index < -0.39 is 0 Å². The number of nitrogens with one attached hydrogen (secondary N) is 3. The normalized spacial score (nSPS) is 23.1. The van der Waals surface area contributed by atoms with Crippen LogP contribution in [-0.2, 0) is 12.8 Å². The highest BCUT2D eigenvalue weighted by atomic mass is 32.1. The summed E-state index contributed by atoms with van der Waals surface area (Å²) in [4.78, 5) is 7.60. The molecule has 1 unspecified atom stereocenters. The monoisotopic (exact) mass is 298 g/mol. The van der Waals surface area contributed by atoms with E-state index >= 15 is 0 Å². The molecular weight excluding hydrogens is 268 g/mol. The summed E-state index contributed by atoms with van der Waals surface area (Å²) in [5.74, 6) is 0.661. The van der Waals surface area contributed by atoms with Gasteiger partial charge in [0.05, 0.1) is 12.0 Å². The Bertz CT molecular complexity index is 463. The van der Waals surface area contributed by atoms with Gasteiger partial charge in [-0.15, -0.1) is 0 Å². The van der Waals surface area contributed by atoms with Crippen molar-refractivity contribution in [3.05, 3.63) is 17.7 Å². The second-order valence-corrected chi connectivity index (χ2v) is 6.53. The van der Waals surface area contributed by atoms with Crippen LogP contribution in [-0.4, -0.2) is 27.7 Å². The highest BCUT2D eigenvalue weighted by Crippen LogP contribution is 2.22. The van der Waals surface area contributed by atoms with Gasteiger partial charge in [0.15, 0.2) is 5.11 Å². The van der Waals surface area contributed by atoms with E-state index in [9.17, 15) is 0 Å². The van der Waals surface area contributed by atoms with Gasteiger partial charge in [-0.1, -0.05) is 19.3 Å². The molecule has 0 radical (unpaired) electrons. The van der Waals surface area contributed by atoms with E-state index in [-0.39, 0.29) is 4.28 Å². The maximum absolute atomic E-state index is 5.42. The lowest BCUT2D eigenvalue weighted by Crippen LogP contribution is -2.44. The lowest BCUT2D eigenvalue weighted by molar-refractivity contribution is 0.406. The Hall–Kier alpha value is -1.10. The zero-order valence-electron chi connectivity index (χ0n) is 12.0. The highest BCUT2D eigenvalue weighted by Gasteiger charge is 2.21. The first-order valence-corrected chi connectivity index (χ1v) is 8.27. The van der Waals surface area contributed by atoms with E-state index in [1.807, 2.05) is 6.33 Å². The van der Waals surface area contributed by atoms with E-state index in [1.54, 1.807) is 0 Å². The first-order valence-electron chi connectivity index (χ1n) is 7.87. The number of H-pyrrole nitrogens is 1. The number of aryl methyl sites for hydroxylation is 1. The quantitative estimate of drug-likeness (QED) is 0.751. The van der Waals surface area contributed by atoms with Gasteiger partial charge in [-0.2, -0.15) is 0 Å². The second-order valence-electron chi connectivity index (χ2n) is 6.13. The Morgan fingerprint density at radius 1 is 1.35 bits per heavy atom. The fourth-order valence-electron chi connectivity index (χ4n) is 3.37. The number of aromatic amines is 1. The van der Waals surface area contributed by atoms with Gasteiger partial charge in [0.1, 0.15) is 0 Å². The van der Waals surface area contributed by atoms with Gasteiger partial charge >= 0.3 is 0 Å². The number of hydrogen-bond acceptors (Lipinski definition) is 2. The smallest absolute Gasteiger partial charge is 0.166 e. The average molecular weight is 298 g/mol.